The number of hydrogen-bond acceptors (Lipinski definition) is 5. The summed E-state index contributed by atoms with van der Waals surface area (Å²) in [6.07, 6.45) is 3.82. The second kappa shape index (κ2) is 10.1. The van der Waals surface area contributed by atoms with Gasteiger partial charge < -0.3 is 19.9 Å². The van der Waals surface area contributed by atoms with Gasteiger partial charge in [0.25, 0.3) is 0 Å². The highest BCUT2D eigenvalue weighted by Crippen LogP contribution is 2.21. The number of nitrogens with zero attached hydrogens (tertiary/aromatic N) is 3. The number of rotatable bonds is 8. The van der Waals surface area contributed by atoms with Crippen molar-refractivity contribution < 1.29 is 9.53 Å². The molecule has 0 saturated carbocycles. The molecular weight excluding hydrogens is 398 g/mol. The largest absolute Gasteiger partial charge is 0.379 e. The summed E-state index contributed by atoms with van der Waals surface area (Å²) in [5.41, 5.74) is 3.02. The minimum absolute atomic E-state index is 0.188. The molecule has 0 spiro atoms. The van der Waals surface area contributed by atoms with Crippen LogP contribution in [0, 0.1) is 0 Å². The molecule has 160 valence electrons. The summed E-state index contributed by atoms with van der Waals surface area (Å²) in [7, 11) is 0. The zero-order chi connectivity index (χ0) is 20.8. The predicted molar refractivity (Wildman–Crippen MR) is 121 cm³/mol. The second-order valence-electron chi connectivity index (χ2n) is 7.45. The van der Waals surface area contributed by atoms with Crippen molar-refractivity contribution in [3.05, 3.63) is 46.5 Å². The molecule has 2 aromatic heterocycles. The van der Waals surface area contributed by atoms with Gasteiger partial charge in [-0.05, 0) is 30.7 Å². The number of aromatic nitrogens is 2. The number of hydrogen-bond donors (Lipinski definition) is 2. The Labute approximate surface area is 181 Å². The summed E-state index contributed by atoms with van der Waals surface area (Å²) in [5.74, 6) is 0. The van der Waals surface area contributed by atoms with Gasteiger partial charge in [0.05, 0.1) is 23.9 Å². The van der Waals surface area contributed by atoms with Crippen LogP contribution in [0.2, 0.25) is 0 Å². The smallest absolute Gasteiger partial charge is 0.319 e. The summed E-state index contributed by atoms with van der Waals surface area (Å²) < 4.78 is 7.68. The van der Waals surface area contributed by atoms with Crippen molar-refractivity contribution in [2.24, 2.45) is 0 Å². The average Bonchev–Trinajstić information content (AvgIpc) is 3.39. The Kier molecular flexibility index (Phi) is 6.99. The molecule has 3 aromatic rings. The van der Waals surface area contributed by atoms with Gasteiger partial charge in [-0.3, -0.25) is 4.90 Å². The third-order valence-electron chi connectivity index (χ3n) is 5.36. The van der Waals surface area contributed by atoms with Crippen molar-refractivity contribution in [1.29, 1.82) is 0 Å². The second-order valence-corrected chi connectivity index (χ2v) is 8.40. The van der Waals surface area contributed by atoms with E-state index in [9.17, 15) is 4.79 Å². The molecule has 2 N–H and O–H groups in total. The van der Waals surface area contributed by atoms with Crippen LogP contribution in [0.4, 0.5) is 10.5 Å². The fourth-order valence-electron chi connectivity index (χ4n) is 3.65. The first kappa shape index (κ1) is 20.8. The third kappa shape index (κ3) is 5.38. The molecule has 1 fully saturated rings. The molecule has 8 heteroatoms. The van der Waals surface area contributed by atoms with E-state index in [0.717, 1.165) is 74.0 Å². The predicted octanol–water partition coefficient (Wildman–Crippen LogP) is 3.36. The summed E-state index contributed by atoms with van der Waals surface area (Å²) >= 11 is 1.68. The lowest BCUT2D eigenvalue weighted by molar-refractivity contribution is 0.0365. The van der Waals surface area contributed by atoms with Crippen molar-refractivity contribution in [2.45, 2.75) is 26.3 Å². The van der Waals surface area contributed by atoms with Gasteiger partial charge in [0, 0.05) is 67.3 Å². The zero-order valence-electron chi connectivity index (χ0n) is 17.4. The van der Waals surface area contributed by atoms with Gasteiger partial charge in [-0.2, -0.15) is 0 Å². The van der Waals surface area contributed by atoms with E-state index >= 15 is 0 Å². The number of anilines is 1. The average molecular weight is 428 g/mol. The molecule has 1 aliphatic heterocycles. The standard InChI is InChI=1S/C22H29N5O2S/c1-2-21-24-19(16-30-21)5-7-23-22(28)25-18-3-4-20-17(15-18)6-8-27(20)10-9-26-11-13-29-14-12-26/h3-4,6,8,15-16H,2,5,7,9-14H2,1H3,(H2,23,25,28). The van der Waals surface area contributed by atoms with Crippen molar-refractivity contribution in [2.75, 3.05) is 44.7 Å². The lowest BCUT2D eigenvalue weighted by atomic mass is 10.2. The SMILES string of the molecule is CCc1nc(CCNC(=O)Nc2ccc3c(ccn3CCN3CCOCC3)c2)cs1. The van der Waals surface area contributed by atoms with Crippen LogP contribution >= 0.6 is 11.3 Å². The molecule has 30 heavy (non-hydrogen) atoms. The number of aryl methyl sites for hydroxylation is 1. The van der Waals surface area contributed by atoms with Gasteiger partial charge in [0.2, 0.25) is 0 Å². The Hall–Kier alpha value is -2.42. The molecule has 1 saturated heterocycles. The molecule has 1 aliphatic rings. The van der Waals surface area contributed by atoms with Crippen LogP contribution in [0.3, 0.4) is 0 Å². The molecule has 2 amide bonds. The van der Waals surface area contributed by atoms with E-state index in [2.05, 4.69) is 55.7 Å². The maximum atomic E-state index is 12.2. The van der Waals surface area contributed by atoms with Crippen LogP contribution in [-0.2, 0) is 24.1 Å². The highest BCUT2D eigenvalue weighted by molar-refractivity contribution is 7.09. The van der Waals surface area contributed by atoms with Crippen LogP contribution in [-0.4, -0.2) is 59.9 Å². The van der Waals surface area contributed by atoms with E-state index in [4.69, 9.17) is 4.74 Å². The number of ether oxygens (including phenoxy) is 1. The molecule has 3 heterocycles. The zero-order valence-corrected chi connectivity index (χ0v) is 18.2. The lowest BCUT2D eigenvalue weighted by Gasteiger charge is -2.26. The van der Waals surface area contributed by atoms with Crippen LogP contribution in [0.25, 0.3) is 10.9 Å². The van der Waals surface area contributed by atoms with E-state index in [1.165, 1.54) is 5.52 Å². The first-order chi connectivity index (χ1) is 14.7. The van der Waals surface area contributed by atoms with E-state index in [0.29, 0.717) is 6.54 Å². The Morgan fingerprint density at radius 3 is 2.90 bits per heavy atom. The minimum Gasteiger partial charge on any atom is -0.379 e. The number of thiazole rings is 1. The topological polar surface area (TPSA) is 71.4 Å². The number of benzene rings is 1. The lowest BCUT2D eigenvalue weighted by Crippen LogP contribution is -2.38. The number of carbonyl (C=O) groups excluding carboxylic acids is 1. The summed E-state index contributed by atoms with van der Waals surface area (Å²) in [5, 5.41) is 10.2. The van der Waals surface area contributed by atoms with Crippen molar-refractivity contribution in [1.82, 2.24) is 19.8 Å². The normalized spacial score (nSPS) is 14.8. The number of carbonyl (C=O) groups is 1. The molecule has 7 nitrogen and oxygen atoms in total. The fraction of sp³-hybridized carbons (Fsp3) is 0.455. The molecule has 0 aliphatic carbocycles. The molecular formula is C22H29N5O2S. The van der Waals surface area contributed by atoms with Gasteiger partial charge in [-0.25, -0.2) is 9.78 Å². The van der Waals surface area contributed by atoms with Gasteiger partial charge in [-0.1, -0.05) is 6.92 Å². The van der Waals surface area contributed by atoms with Gasteiger partial charge in [-0.15, -0.1) is 11.3 Å². The number of morpholine rings is 1. The monoisotopic (exact) mass is 427 g/mol. The minimum atomic E-state index is -0.188. The van der Waals surface area contributed by atoms with E-state index in [1.54, 1.807) is 11.3 Å². The Morgan fingerprint density at radius 1 is 1.23 bits per heavy atom. The first-order valence-electron chi connectivity index (χ1n) is 10.6. The highest BCUT2D eigenvalue weighted by Gasteiger charge is 2.11. The number of nitrogens with one attached hydrogen (secondary N) is 2. The van der Waals surface area contributed by atoms with Gasteiger partial charge >= 0.3 is 6.03 Å². The number of urea groups is 1. The molecule has 0 atom stereocenters. The quantitative estimate of drug-likeness (QED) is 0.578. The molecule has 0 radical (unpaired) electrons. The summed E-state index contributed by atoms with van der Waals surface area (Å²) in [6, 6.07) is 7.97. The van der Waals surface area contributed by atoms with Crippen molar-refractivity contribution in [3.63, 3.8) is 0 Å². The molecule has 0 unspecified atom stereocenters. The fourth-order valence-corrected chi connectivity index (χ4v) is 4.43. The van der Waals surface area contributed by atoms with E-state index in [1.807, 2.05) is 12.1 Å². The summed E-state index contributed by atoms with van der Waals surface area (Å²) in [4.78, 5) is 19.2. The van der Waals surface area contributed by atoms with E-state index in [-0.39, 0.29) is 6.03 Å². The Balaban J connectivity index is 1.27. The van der Waals surface area contributed by atoms with E-state index < -0.39 is 0 Å². The van der Waals surface area contributed by atoms with Crippen molar-refractivity contribution in [3.8, 4) is 0 Å². The number of amides is 2. The Bertz CT molecular complexity index is 977. The van der Waals surface area contributed by atoms with Gasteiger partial charge in [0.1, 0.15) is 0 Å². The van der Waals surface area contributed by atoms with Crippen molar-refractivity contribution >= 4 is 34.0 Å². The highest BCUT2D eigenvalue weighted by atomic mass is 32.1. The first-order valence-corrected chi connectivity index (χ1v) is 11.5. The summed E-state index contributed by atoms with van der Waals surface area (Å²) in [6.45, 7) is 8.30. The number of fused-ring (bicyclic) bond motifs is 1. The maximum Gasteiger partial charge on any atom is 0.319 e. The third-order valence-corrected chi connectivity index (χ3v) is 6.40. The Morgan fingerprint density at radius 2 is 2.10 bits per heavy atom. The van der Waals surface area contributed by atoms with Crippen LogP contribution in [0.5, 0.6) is 0 Å². The molecule has 4 rings (SSSR count). The maximum absolute atomic E-state index is 12.2. The molecule has 0 bridgehead atoms. The van der Waals surface area contributed by atoms with Crippen LogP contribution < -0.4 is 10.6 Å². The molecule has 1 aromatic carbocycles. The van der Waals surface area contributed by atoms with Gasteiger partial charge in [0.15, 0.2) is 0 Å². The van der Waals surface area contributed by atoms with Crippen LogP contribution in [0.1, 0.15) is 17.6 Å². The van der Waals surface area contributed by atoms with Crippen LogP contribution in [0.15, 0.2) is 35.8 Å².